The number of hydrogen-bond acceptors (Lipinski definition) is 3. The van der Waals surface area contributed by atoms with Crippen LogP contribution in [-0.4, -0.2) is 11.1 Å². The zero-order chi connectivity index (χ0) is 14.7. The second-order valence-electron chi connectivity index (χ2n) is 6.82. The predicted octanol–water partition coefficient (Wildman–Crippen LogP) is 4.18. The second kappa shape index (κ2) is 6.10. The van der Waals surface area contributed by atoms with Gasteiger partial charge in [0.2, 0.25) is 0 Å². The smallest absolute Gasteiger partial charge is 0.130 e. The summed E-state index contributed by atoms with van der Waals surface area (Å²) >= 11 is 0. The average molecular weight is 267 g/mol. The van der Waals surface area contributed by atoms with Crippen molar-refractivity contribution in [1.82, 2.24) is 5.32 Å². The van der Waals surface area contributed by atoms with Gasteiger partial charge in [-0.2, -0.15) is 0 Å². The van der Waals surface area contributed by atoms with Gasteiger partial charge < -0.3 is 14.5 Å². The van der Waals surface area contributed by atoms with Gasteiger partial charge in [-0.15, -0.1) is 0 Å². The standard InChI is InChI=1S/C16H29NO2/c1-8-16(6,7)18-11-13-9-12(2)14(19-13)10-17-15(3,4)5/h9,17H,8,10-11H2,1-7H3. The Labute approximate surface area is 117 Å². The molecule has 0 atom stereocenters. The lowest BCUT2D eigenvalue weighted by Crippen LogP contribution is -2.35. The first-order chi connectivity index (χ1) is 8.63. The molecule has 0 saturated heterocycles. The molecule has 1 heterocycles. The number of furan rings is 1. The first kappa shape index (κ1) is 16.3. The molecule has 1 aromatic heterocycles. The Morgan fingerprint density at radius 3 is 2.37 bits per heavy atom. The lowest BCUT2D eigenvalue weighted by atomic mass is 10.1. The third-order valence-corrected chi connectivity index (χ3v) is 3.31. The van der Waals surface area contributed by atoms with Gasteiger partial charge in [0.15, 0.2) is 0 Å². The lowest BCUT2D eigenvalue weighted by Gasteiger charge is -2.22. The molecule has 1 N–H and O–H groups in total. The van der Waals surface area contributed by atoms with E-state index in [1.54, 1.807) is 0 Å². The minimum absolute atomic E-state index is 0.0927. The van der Waals surface area contributed by atoms with Gasteiger partial charge in [0.1, 0.15) is 18.1 Å². The molecule has 1 rings (SSSR count). The van der Waals surface area contributed by atoms with Crippen LogP contribution in [0, 0.1) is 6.92 Å². The first-order valence-corrected chi connectivity index (χ1v) is 7.10. The number of hydrogen-bond donors (Lipinski definition) is 1. The van der Waals surface area contributed by atoms with Gasteiger partial charge in [-0.25, -0.2) is 0 Å². The zero-order valence-electron chi connectivity index (χ0n) is 13.5. The van der Waals surface area contributed by atoms with Crippen LogP contribution in [0.2, 0.25) is 0 Å². The molecule has 0 unspecified atom stereocenters. The summed E-state index contributed by atoms with van der Waals surface area (Å²) in [4.78, 5) is 0. The van der Waals surface area contributed by atoms with Crippen LogP contribution in [0.15, 0.2) is 10.5 Å². The molecule has 3 heteroatoms. The maximum atomic E-state index is 5.86. The van der Waals surface area contributed by atoms with Crippen molar-refractivity contribution >= 4 is 0 Å². The van der Waals surface area contributed by atoms with E-state index >= 15 is 0 Å². The van der Waals surface area contributed by atoms with Crippen LogP contribution >= 0.6 is 0 Å². The van der Waals surface area contributed by atoms with E-state index in [9.17, 15) is 0 Å². The molecule has 3 nitrogen and oxygen atoms in total. The maximum absolute atomic E-state index is 5.86. The van der Waals surface area contributed by atoms with Crippen molar-refractivity contribution in [2.24, 2.45) is 0 Å². The van der Waals surface area contributed by atoms with E-state index in [1.165, 1.54) is 5.56 Å². The Bertz CT molecular complexity index is 399. The molecular weight excluding hydrogens is 238 g/mol. The summed E-state index contributed by atoms with van der Waals surface area (Å²) in [5, 5.41) is 3.44. The molecule has 0 aliphatic rings. The normalized spacial score (nSPS) is 13.0. The maximum Gasteiger partial charge on any atom is 0.130 e. The van der Waals surface area contributed by atoms with Gasteiger partial charge in [0, 0.05) is 5.54 Å². The average Bonchev–Trinajstić information content (AvgIpc) is 2.64. The van der Waals surface area contributed by atoms with Crippen molar-refractivity contribution in [2.45, 2.75) is 79.2 Å². The number of rotatable bonds is 6. The third-order valence-electron chi connectivity index (χ3n) is 3.31. The van der Waals surface area contributed by atoms with E-state index in [0.717, 1.165) is 24.5 Å². The van der Waals surface area contributed by atoms with Crippen LogP contribution in [0.4, 0.5) is 0 Å². The fourth-order valence-corrected chi connectivity index (χ4v) is 1.55. The van der Waals surface area contributed by atoms with Crippen LogP contribution in [-0.2, 0) is 17.9 Å². The topological polar surface area (TPSA) is 34.4 Å². The van der Waals surface area contributed by atoms with Crippen LogP contribution in [0.1, 0.15) is 65.0 Å². The summed E-state index contributed by atoms with van der Waals surface area (Å²) in [5.74, 6) is 1.91. The Balaban J connectivity index is 2.59. The molecular formula is C16H29NO2. The van der Waals surface area contributed by atoms with E-state index in [4.69, 9.17) is 9.15 Å². The number of nitrogens with one attached hydrogen (secondary N) is 1. The molecule has 0 aromatic carbocycles. The Kier molecular flexibility index (Phi) is 5.22. The molecule has 1 aromatic rings. The first-order valence-electron chi connectivity index (χ1n) is 7.10. The largest absolute Gasteiger partial charge is 0.462 e. The highest BCUT2D eigenvalue weighted by atomic mass is 16.5. The van der Waals surface area contributed by atoms with Gasteiger partial charge in [-0.3, -0.25) is 0 Å². The molecule has 0 aliphatic carbocycles. The summed E-state index contributed by atoms with van der Waals surface area (Å²) in [6, 6.07) is 2.07. The Hall–Kier alpha value is -0.800. The second-order valence-corrected chi connectivity index (χ2v) is 6.82. The van der Waals surface area contributed by atoms with Crippen molar-refractivity contribution in [3.05, 3.63) is 23.2 Å². The van der Waals surface area contributed by atoms with Gasteiger partial charge in [-0.05, 0) is 59.6 Å². The Morgan fingerprint density at radius 2 is 1.84 bits per heavy atom. The molecule has 0 amide bonds. The Morgan fingerprint density at radius 1 is 1.21 bits per heavy atom. The van der Waals surface area contributed by atoms with Crippen molar-refractivity contribution in [3.63, 3.8) is 0 Å². The van der Waals surface area contributed by atoms with E-state index in [2.05, 4.69) is 59.8 Å². The van der Waals surface area contributed by atoms with Gasteiger partial charge in [0.05, 0.1) is 12.1 Å². The van der Waals surface area contributed by atoms with Gasteiger partial charge in [0.25, 0.3) is 0 Å². The van der Waals surface area contributed by atoms with Crippen LogP contribution in [0.25, 0.3) is 0 Å². The SMILES string of the molecule is CCC(C)(C)OCc1cc(C)c(CNC(C)(C)C)o1. The highest BCUT2D eigenvalue weighted by Gasteiger charge is 2.17. The third kappa shape index (κ3) is 5.79. The van der Waals surface area contributed by atoms with E-state index in [1.807, 2.05) is 0 Å². The fraction of sp³-hybridized carbons (Fsp3) is 0.750. The van der Waals surface area contributed by atoms with E-state index in [0.29, 0.717) is 6.61 Å². The van der Waals surface area contributed by atoms with Crippen molar-refractivity contribution in [2.75, 3.05) is 0 Å². The summed E-state index contributed by atoms with van der Waals surface area (Å²) < 4.78 is 11.7. The monoisotopic (exact) mass is 267 g/mol. The van der Waals surface area contributed by atoms with E-state index < -0.39 is 0 Å². The summed E-state index contributed by atoms with van der Waals surface area (Å²) in [6.45, 7) is 16.2. The number of ether oxygens (including phenoxy) is 1. The molecule has 0 fully saturated rings. The van der Waals surface area contributed by atoms with E-state index in [-0.39, 0.29) is 11.1 Å². The summed E-state index contributed by atoms with van der Waals surface area (Å²) in [5.41, 5.74) is 1.19. The molecule has 0 saturated carbocycles. The molecule has 110 valence electrons. The summed E-state index contributed by atoms with van der Waals surface area (Å²) in [7, 11) is 0. The van der Waals surface area contributed by atoms with Crippen LogP contribution in [0.5, 0.6) is 0 Å². The predicted molar refractivity (Wildman–Crippen MR) is 79.2 cm³/mol. The molecule has 0 aliphatic heterocycles. The van der Waals surface area contributed by atoms with Crippen LogP contribution in [0.3, 0.4) is 0 Å². The highest BCUT2D eigenvalue weighted by molar-refractivity contribution is 5.19. The number of aryl methyl sites for hydroxylation is 1. The van der Waals surface area contributed by atoms with Gasteiger partial charge >= 0.3 is 0 Å². The fourth-order valence-electron chi connectivity index (χ4n) is 1.55. The van der Waals surface area contributed by atoms with Crippen LogP contribution < -0.4 is 5.32 Å². The minimum Gasteiger partial charge on any atom is -0.462 e. The highest BCUT2D eigenvalue weighted by Crippen LogP contribution is 2.20. The molecule has 0 spiro atoms. The molecule has 0 bridgehead atoms. The zero-order valence-corrected chi connectivity index (χ0v) is 13.5. The van der Waals surface area contributed by atoms with Gasteiger partial charge in [-0.1, -0.05) is 6.92 Å². The minimum atomic E-state index is -0.0927. The van der Waals surface area contributed by atoms with Crippen molar-refractivity contribution in [1.29, 1.82) is 0 Å². The lowest BCUT2D eigenvalue weighted by molar-refractivity contribution is -0.0386. The molecule has 19 heavy (non-hydrogen) atoms. The van der Waals surface area contributed by atoms with Crippen molar-refractivity contribution < 1.29 is 9.15 Å². The summed E-state index contributed by atoms with van der Waals surface area (Å²) in [6.07, 6.45) is 0.991. The molecule has 0 radical (unpaired) electrons. The van der Waals surface area contributed by atoms with Crippen molar-refractivity contribution in [3.8, 4) is 0 Å². The quantitative estimate of drug-likeness (QED) is 0.839.